The van der Waals surface area contributed by atoms with E-state index in [0.717, 1.165) is 76.0 Å². The van der Waals surface area contributed by atoms with E-state index in [9.17, 15) is 9.90 Å². The third kappa shape index (κ3) is 5.14. The molecule has 3 aromatic carbocycles. The van der Waals surface area contributed by atoms with Gasteiger partial charge in [0.15, 0.2) is 0 Å². The van der Waals surface area contributed by atoms with Gasteiger partial charge >= 0.3 is 5.97 Å². The number of ether oxygens (including phenoxy) is 1. The van der Waals surface area contributed by atoms with Gasteiger partial charge in [-0.1, -0.05) is 54.6 Å². The molecule has 1 N–H and O–H groups in total. The lowest BCUT2D eigenvalue weighted by Gasteiger charge is -2.33. The van der Waals surface area contributed by atoms with Gasteiger partial charge in [0.05, 0.1) is 10.9 Å². The summed E-state index contributed by atoms with van der Waals surface area (Å²) in [6.45, 7) is 12.2. The van der Waals surface area contributed by atoms with Crippen LogP contribution in [0.3, 0.4) is 0 Å². The second-order valence-corrected chi connectivity index (χ2v) is 12.5. The highest BCUT2D eigenvalue weighted by molar-refractivity contribution is 5.86. The molecule has 0 fully saturated rings. The average molecular weight is 578 g/mol. The summed E-state index contributed by atoms with van der Waals surface area (Å²) in [5, 5.41) is 20.1. The lowest BCUT2D eigenvalue weighted by atomic mass is 9.69. The highest BCUT2D eigenvalue weighted by Crippen LogP contribution is 2.44. The highest BCUT2D eigenvalue weighted by Gasteiger charge is 2.40. The van der Waals surface area contributed by atoms with Gasteiger partial charge in [0.25, 0.3) is 0 Å². The number of carbonyl (C=O) groups is 1. The Morgan fingerprint density at radius 3 is 2.70 bits per heavy atom. The number of nitrogens with zero attached hydrogens (tertiary/aromatic N) is 5. The van der Waals surface area contributed by atoms with Crippen molar-refractivity contribution in [1.82, 2.24) is 24.9 Å². The van der Waals surface area contributed by atoms with Crippen LogP contribution < -0.4 is 4.74 Å². The van der Waals surface area contributed by atoms with E-state index in [-0.39, 0.29) is 12.0 Å². The van der Waals surface area contributed by atoms with E-state index in [0.29, 0.717) is 0 Å². The fourth-order valence-electron chi connectivity index (χ4n) is 6.50. The predicted octanol–water partition coefficient (Wildman–Crippen LogP) is 6.55. The first kappa shape index (κ1) is 28.8. The number of benzene rings is 3. The zero-order valence-electron chi connectivity index (χ0n) is 25.8. The molecular weight excluding hydrogens is 538 g/mol. The van der Waals surface area contributed by atoms with Crippen LogP contribution in [0.4, 0.5) is 0 Å². The fourth-order valence-corrected chi connectivity index (χ4v) is 6.50. The van der Waals surface area contributed by atoms with Crippen LogP contribution in [-0.2, 0) is 24.9 Å². The Bertz CT molecular complexity index is 1840. The molecule has 8 nitrogen and oxygen atoms in total. The van der Waals surface area contributed by atoms with Crippen LogP contribution in [0.25, 0.3) is 21.9 Å². The number of rotatable bonds is 7. The lowest BCUT2D eigenvalue weighted by Crippen LogP contribution is -2.33. The number of aryl methyl sites for hydroxylation is 3. The van der Waals surface area contributed by atoms with E-state index >= 15 is 0 Å². The van der Waals surface area contributed by atoms with Crippen molar-refractivity contribution < 1.29 is 14.6 Å². The largest absolute Gasteiger partial charge is 0.486 e. The predicted molar refractivity (Wildman–Crippen MR) is 168 cm³/mol. The van der Waals surface area contributed by atoms with Crippen molar-refractivity contribution in [2.45, 2.75) is 66.2 Å². The van der Waals surface area contributed by atoms with Gasteiger partial charge in [-0.3, -0.25) is 14.7 Å². The van der Waals surface area contributed by atoms with Gasteiger partial charge in [0.2, 0.25) is 0 Å². The van der Waals surface area contributed by atoms with Crippen LogP contribution in [0.5, 0.6) is 5.75 Å². The summed E-state index contributed by atoms with van der Waals surface area (Å²) >= 11 is 0. The Morgan fingerprint density at radius 2 is 1.93 bits per heavy atom. The van der Waals surface area contributed by atoms with Gasteiger partial charge < -0.3 is 9.84 Å². The molecule has 0 spiro atoms. The van der Waals surface area contributed by atoms with Crippen molar-refractivity contribution in [1.29, 1.82) is 0 Å². The quantitative estimate of drug-likeness (QED) is 0.234. The van der Waals surface area contributed by atoms with Crippen LogP contribution in [0.2, 0.25) is 0 Å². The molecule has 0 radical (unpaired) electrons. The molecule has 8 heteroatoms. The molecule has 222 valence electrons. The number of carboxylic acid groups (broad SMARTS) is 1. The molecule has 0 aliphatic carbocycles. The molecule has 1 aliphatic rings. The van der Waals surface area contributed by atoms with E-state index in [1.807, 2.05) is 52.2 Å². The van der Waals surface area contributed by atoms with Crippen molar-refractivity contribution in [3.8, 4) is 5.75 Å². The van der Waals surface area contributed by atoms with Gasteiger partial charge in [-0.2, -0.15) is 0 Å². The van der Waals surface area contributed by atoms with Gasteiger partial charge in [-0.25, -0.2) is 4.68 Å². The van der Waals surface area contributed by atoms with Crippen LogP contribution in [0.15, 0.2) is 60.8 Å². The summed E-state index contributed by atoms with van der Waals surface area (Å²) in [5.74, 6) is -0.341. The minimum absolute atomic E-state index is 0.0393. The van der Waals surface area contributed by atoms with Crippen molar-refractivity contribution >= 4 is 27.9 Å². The molecule has 1 unspecified atom stereocenters. The molecule has 0 amide bonds. The van der Waals surface area contributed by atoms with Gasteiger partial charge in [-0.05, 0) is 74.1 Å². The smallest absolute Gasteiger partial charge is 0.310 e. The Morgan fingerprint density at radius 1 is 1.12 bits per heavy atom. The lowest BCUT2D eigenvalue weighted by molar-refractivity contribution is -0.147. The molecule has 0 bridgehead atoms. The minimum Gasteiger partial charge on any atom is -0.486 e. The maximum atomic E-state index is 12.7. The van der Waals surface area contributed by atoms with Crippen LogP contribution in [-0.4, -0.2) is 48.6 Å². The Kier molecular flexibility index (Phi) is 7.42. The highest BCUT2D eigenvalue weighted by atomic mass is 16.5. The van der Waals surface area contributed by atoms with E-state index in [4.69, 9.17) is 4.74 Å². The Balaban J connectivity index is 1.40. The Labute approximate surface area is 252 Å². The number of hydrogen-bond donors (Lipinski definition) is 1. The molecule has 0 saturated carbocycles. The minimum atomic E-state index is -1.07. The van der Waals surface area contributed by atoms with Crippen molar-refractivity contribution in [2.24, 2.45) is 12.5 Å². The van der Waals surface area contributed by atoms with Crippen LogP contribution in [0, 0.1) is 19.3 Å². The molecule has 0 saturated heterocycles. The van der Waals surface area contributed by atoms with E-state index in [1.165, 1.54) is 11.1 Å². The monoisotopic (exact) mass is 577 g/mol. The van der Waals surface area contributed by atoms with Crippen molar-refractivity contribution in [3.63, 3.8) is 0 Å². The second-order valence-electron chi connectivity index (χ2n) is 12.5. The van der Waals surface area contributed by atoms with E-state index < -0.39 is 11.4 Å². The molecule has 1 aliphatic heterocycles. The number of pyridine rings is 1. The zero-order chi connectivity index (χ0) is 30.5. The summed E-state index contributed by atoms with van der Waals surface area (Å²) < 4.78 is 8.33. The molecule has 5 aromatic rings. The SMILES string of the molecule is CC[C@@H]1CN(Cc2cc(C(c3ccc4c(nnn4C)c3C)C(C)(C)C(=O)O)ccc2C)Cc2ccc3cccnc3c2O1. The molecule has 6 rings (SSSR count). The Hall–Kier alpha value is -4.30. The fraction of sp³-hybridized carbons (Fsp3) is 0.371. The molecular formula is C35H39N5O3. The second kappa shape index (κ2) is 11.1. The van der Waals surface area contributed by atoms with E-state index in [2.05, 4.69) is 70.4 Å². The first-order valence-electron chi connectivity index (χ1n) is 15.0. The normalized spacial score (nSPS) is 16.6. The molecule has 2 atom stereocenters. The van der Waals surface area contributed by atoms with Crippen LogP contribution >= 0.6 is 0 Å². The topological polar surface area (TPSA) is 93.4 Å². The third-order valence-electron chi connectivity index (χ3n) is 9.17. The molecule has 2 aromatic heterocycles. The van der Waals surface area contributed by atoms with Gasteiger partial charge in [0, 0.05) is 49.7 Å². The first-order valence-corrected chi connectivity index (χ1v) is 15.0. The summed E-state index contributed by atoms with van der Waals surface area (Å²) in [5.41, 5.74) is 7.95. The number of fused-ring (bicyclic) bond motifs is 4. The summed E-state index contributed by atoms with van der Waals surface area (Å²) in [6, 6.07) is 18.8. The molecule has 3 heterocycles. The summed E-state index contributed by atoms with van der Waals surface area (Å²) in [7, 11) is 1.87. The van der Waals surface area contributed by atoms with E-state index in [1.54, 1.807) is 4.68 Å². The number of hydrogen-bond acceptors (Lipinski definition) is 6. The molecule has 43 heavy (non-hydrogen) atoms. The average Bonchev–Trinajstić information content (AvgIpc) is 3.26. The van der Waals surface area contributed by atoms with Gasteiger partial charge in [-0.15, -0.1) is 5.10 Å². The maximum absolute atomic E-state index is 12.7. The number of carboxylic acids is 1. The zero-order valence-corrected chi connectivity index (χ0v) is 25.8. The van der Waals surface area contributed by atoms with Gasteiger partial charge in [0.1, 0.15) is 22.9 Å². The standard InChI is InChI=1S/C35H39N5O3/c1-7-27-20-40(18-25-13-12-23-9-8-16-36-32(23)33(25)43-27)19-26-17-24(11-10-21(26)2)30(35(4,5)34(41)42)28-14-15-29-31(22(28)3)37-38-39(29)6/h8-17,27,30H,7,18-20H2,1-6H3,(H,41,42)/t27-,30?/m1/s1. The van der Waals surface area contributed by atoms with Crippen molar-refractivity contribution in [3.05, 3.63) is 94.2 Å². The van der Waals surface area contributed by atoms with Crippen molar-refractivity contribution in [2.75, 3.05) is 6.54 Å². The first-order chi connectivity index (χ1) is 20.6. The number of aromatic nitrogens is 4. The third-order valence-corrected chi connectivity index (χ3v) is 9.17. The number of aliphatic carboxylic acids is 1. The maximum Gasteiger partial charge on any atom is 0.310 e. The summed E-state index contributed by atoms with van der Waals surface area (Å²) in [4.78, 5) is 19.8. The summed E-state index contributed by atoms with van der Waals surface area (Å²) in [6.07, 6.45) is 2.75. The van der Waals surface area contributed by atoms with Crippen LogP contribution in [0.1, 0.15) is 66.5 Å².